The second-order valence-corrected chi connectivity index (χ2v) is 5.76. The van der Waals surface area contributed by atoms with E-state index in [0.29, 0.717) is 0 Å². The number of benzene rings is 1. The van der Waals surface area contributed by atoms with Gasteiger partial charge >= 0.3 is 0 Å². The SMILES string of the molecule is CC1(C)CNCCCN1Cc1ccccc1Cl. The predicted octanol–water partition coefficient (Wildman–Crippen LogP) is 2.91. The van der Waals surface area contributed by atoms with Crippen LogP contribution in [0.25, 0.3) is 0 Å². The number of hydrogen-bond donors (Lipinski definition) is 1. The number of halogens is 1. The van der Waals surface area contributed by atoms with Crippen LogP contribution in [-0.4, -0.2) is 30.1 Å². The first-order chi connectivity index (χ1) is 8.09. The highest BCUT2D eigenvalue weighted by molar-refractivity contribution is 6.31. The van der Waals surface area contributed by atoms with Crippen LogP contribution in [0.2, 0.25) is 5.02 Å². The van der Waals surface area contributed by atoms with Gasteiger partial charge in [-0.25, -0.2) is 0 Å². The average molecular weight is 253 g/mol. The van der Waals surface area contributed by atoms with Gasteiger partial charge in [-0.15, -0.1) is 0 Å². The maximum atomic E-state index is 6.24. The van der Waals surface area contributed by atoms with Crippen molar-refractivity contribution in [3.63, 3.8) is 0 Å². The monoisotopic (exact) mass is 252 g/mol. The Morgan fingerprint density at radius 3 is 2.88 bits per heavy atom. The van der Waals surface area contributed by atoms with Crippen LogP contribution in [0.15, 0.2) is 24.3 Å². The quantitative estimate of drug-likeness (QED) is 0.871. The molecule has 0 aromatic heterocycles. The van der Waals surface area contributed by atoms with Crippen molar-refractivity contribution in [1.82, 2.24) is 10.2 Å². The van der Waals surface area contributed by atoms with Gasteiger partial charge in [-0.3, -0.25) is 4.90 Å². The Kier molecular flexibility index (Phi) is 4.08. The van der Waals surface area contributed by atoms with Crippen LogP contribution in [0.5, 0.6) is 0 Å². The zero-order valence-corrected chi connectivity index (χ0v) is 11.4. The summed E-state index contributed by atoms with van der Waals surface area (Å²) < 4.78 is 0. The fraction of sp³-hybridized carbons (Fsp3) is 0.571. The summed E-state index contributed by atoms with van der Waals surface area (Å²) in [6.45, 7) is 8.81. The first kappa shape index (κ1) is 12.9. The summed E-state index contributed by atoms with van der Waals surface area (Å²) in [6.07, 6.45) is 1.20. The first-order valence-corrected chi connectivity index (χ1v) is 6.66. The molecule has 0 spiro atoms. The van der Waals surface area contributed by atoms with Crippen LogP contribution in [0.1, 0.15) is 25.8 Å². The van der Waals surface area contributed by atoms with Gasteiger partial charge < -0.3 is 5.32 Å². The van der Waals surface area contributed by atoms with Gasteiger partial charge in [0.25, 0.3) is 0 Å². The van der Waals surface area contributed by atoms with Crippen molar-refractivity contribution in [1.29, 1.82) is 0 Å². The van der Waals surface area contributed by atoms with Crippen LogP contribution in [-0.2, 0) is 6.54 Å². The molecule has 0 radical (unpaired) electrons. The molecule has 0 atom stereocenters. The molecule has 1 heterocycles. The van der Waals surface area contributed by atoms with Crippen molar-refractivity contribution in [2.24, 2.45) is 0 Å². The van der Waals surface area contributed by atoms with Gasteiger partial charge in [0, 0.05) is 30.2 Å². The molecule has 2 rings (SSSR count). The van der Waals surface area contributed by atoms with Gasteiger partial charge in [-0.1, -0.05) is 29.8 Å². The average Bonchev–Trinajstić information content (AvgIpc) is 2.44. The van der Waals surface area contributed by atoms with E-state index in [-0.39, 0.29) is 5.54 Å². The predicted molar refractivity (Wildman–Crippen MR) is 73.4 cm³/mol. The van der Waals surface area contributed by atoms with Crippen molar-refractivity contribution >= 4 is 11.6 Å². The lowest BCUT2D eigenvalue weighted by atomic mass is 10.0. The lowest BCUT2D eigenvalue weighted by Crippen LogP contribution is -2.48. The van der Waals surface area contributed by atoms with E-state index in [2.05, 4.69) is 36.2 Å². The third-order valence-electron chi connectivity index (χ3n) is 3.51. The third kappa shape index (κ3) is 3.21. The second-order valence-electron chi connectivity index (χ2n) is 5.36. The van der Waals surface area contributed by atoms with E-state index in [1.165, 1.54) is 12.0 Å². The van der Waals surface area contributed by atoms with Gasteiger partial charge in [0.15, 0.2) is 0 Å². The normalized spacial score (nSPS) is 21.1. The summed E-state index contributed by atoms with van der Waals surface area (Å²) in [5.74, 6) is 0. The number of nitrogens with one attached hydrogen (secondary N) is 1. The van der Waals surface area contributed by atoms with Crippen LogP contribution in [0, 0.1) is 0 Å². The molecule has 3 heteroatoms. The largest absolute Gasteiger partial charge is 0.315 e. The Morgan fingerprint density at radius 1 is 1.35 bits per heavy atom. The zero-order chi connectivity index (χ0) is 12.3. The minimum atomic E-state index is 0.190. The topological polar surface area (TPSA) is 15.3 Å². The van der Waals surface area contributed by atoms with E-state index in [1.807, 2.05) is 12.1 Å². The molecule has 0 bridgehead atoms. The Hall–Kier alpha value is -0.570. The highest BCUT2D eigenvalue weighted by Gasteiger charge is 2.28. The van der Waals surface area contributed by atoms with E-state index in [1.54, 1.807) is 0 Å². The highest BCUT2D eigenvalue weighted by Crippen LogP contribution is 2.23. The summed E-state index contributed by atoms with van der Waals surface area (Å²) in [5, 5.41) is 4.37. The molecular formula is C14H21ClN2. The summed E-state index contributed by atoms with van der Waals surface area (Å²) in [5.41, 5.74) is 1.42. The molecular weight excluding hydrogens is 232 g/mol. The number of rotatable bonds is 2. The van der Waals surface area contributed by atoms with Crippen LogP contribution < -0.4 is 5.32 Å². The standard InChI is InChI=1S/C14H21ClN2/c1-14(2)11-16-8-5-9-17(14)10-12-6-3-4-7-13(12)15/h3-4,6-7,16H,5,8-11H2,1-2H3. The van der Waals surface area contributed by atoms with Gasteiger partial charge in [0.2, 0.25) is 0 Å². The minimum absolute atomic E-state index is 0.190. The van der Waals surface area contributed by atoms with E-state index < -0.39 is 0 Å². The molecule has 17 heavy (non-hydrogen) atoms. The van der Waals surface area contributed by atoms with Gasteiger partial charge in [0.05, 0.1) is 0 Å². The van der Waals surface area contributed by atoms with Crippen LogP contribution in [0.4, 0.5) is 0 Å². The highest BCUT2D eigenvalue weighted by atomic mass is 35.5. The van der Waals surface area contributed by atoms with Gasteiger partial charge in [0.1, 0.15) is 0 Å². The van der Waals surface area contributed by atoms with Crippen LogP contribution >= 0.6 is 11.6 Å². The van der Waals surface area contributed by atoms with E-state index in [0.717, 1.165) is 31.2 Å². The lowest BCUT2D eigenvalue weighted by Gasteiger charge is -2.37. The Morgan fingerprint density at radius 2 is 2.12 bits per heavy atom. The molecule has 2 nitrogen and oxygen atoms in total. The molecule has 1 aromatic carbocycles. The lowest BCUT2D eigenvalue weighted by molar-refractivity contribution is 0.125. The summed E-state index contributed by atoms with van der Waals surface area (Å²) in [7, 11) is 0. The Labute approximate surface area is 109 Å². The van der Waals surface area contributed by atoms with Crippen molar-refractivity contribution in [2.45, 2.75) is 32.4 Å². The van der Waals surface area contributed by atoms with Gasteiger partial charge in [-0.2, -0.15) is 0 Å². The Balaban J connectivity index is 2.13. The molecule has 1 aliphatic rings. The molecule has 0 unspecified atom stereocenters. The fourth-order valence-electron chi connectivity index (χ4n) is 2.33. The van der Waals surface area contributed by atoms with Crippen molar-refractivity contribution in [3.8, 4) is 0 Å². The smallest absolute Gasteiger partial charge is 0.0451 e. The molecule has 1 fully saturated rings. The van der Waals surface area contributed by atoms with Gasteiger partial charge in [-0.05, 0) is 38.4 Å². The zero-order valence-electron chi connectivity index (χ0n) is 10.7. The van der Waals surface area contributed by atoms with Crippen molar-refractivity contribution < 1.29 is 0 Å². The summed E-state index contributed by atoms with van der Waals surface area (Å²) in [4.78, 5) is 2.52. The maximum absolute atomic E-state index is 6.24. The van der Waals surface area contributed by atoms with E-state index >= 15 is 0 Å². The first-order valence-electron chi connectivity index (χ1n) is 6.29. The minimum Gasteiger partial charge on any atom is -0.315 e. The number of nitrogens with zero attached hydrogens (tertiary/aromatic N) is 1. The Bertz CT molecular complexity index is 376. The van der Waals surface area contributed by atoms with E-state index in [9.17, 15) is 0 Å². The third-order valence-corrected chi connectivity index (χ3v) is 3.88. The van der Waals surface area contributed by atoms with E-state index in [4.69, 9.17) is 11.6 Å². The molecule has 1 saturated heterocycles. The van der Waals surface area contributed by atoms with Crippen molar-refractivity contribution in [3.05, 3.63) is 34.9 Å². The number of hydrogen-bond acceptors (Lipinski definition) is 2. The molecule has 1 aromatic rings. The maximum Gasteiger partial charge on any atom is 0.0451 e. The summed E-state index contributed by atoms with van der Waals surface area (Å²) in [6, 6.07) is 8.14. The molecule has 0 aliphatic carbocycles. The van der Waals surface area contributed by atoms with Crippen molar-refractivity contribution in [2.75, 3.05) is 19.6 Å². The summed E-state index contributed by atoms with van der Waals surface area (Å²) >= 11 is 6.24. The second kappa shape index (κ2) is 5.38. The molecule has 94 valence electrons. The van der Waals surface area contributed by atoms with Crippen LogP contribution in [0.3, 0.4) is 0 Å². The molecule has 0 amide bonds. The molecule has 1 aliphatic heterocycles. The molecule has 0 saturated carbocycles. The fourth-order valence-corrected chi connectivity index (χ4v) is 2.52. The molecule has 1 N–H and O–H groups in total.